The lowest BCUT2D eigenvalue weighted by Gasteiger charge is -2.39. The van der Waals surface area contributed by atoms with E-state index in [0.29, 0.717) is 73.1 Å². The number of benzene rings is 4. The number of likely N-dealkylation sites (tertiary alicyclic amines) is 1. The number of nitro groups is 1. The summed E-state index contributed by atoms with van der Waals surface area (Å²) in [6.07, 6.45) is 8.05. The molecule has 11 rings (SSSR count). The Morgan fingerprint density at radius 3 is 2.42 bits per heavy atom. The van der Waals surface area contributed by atoms with E-state index in [-0.39, 0.29) is 105 Å². The Kier molecular flexibility index (Phi) is 20.3. The van der Waals surface area contributed by atoms with Crippen LogP contribution in [0, 0.1) is 33.3 Å². The van der Waals surface area contributed by atoms with Gasteiger partial charge in [0.1, 0.15) is 42.1 Å². The van der Waals surface area contributed by atoms with Crippen LogP contribution in [0.2, 0.25) is 5.02 Å². The molecule has 0 saturated carbocycles. The van der Waals surface area contributed by atoms with Gasteiger partial charge in [0, 0.05) is 111 Å². The van der Waals surface area contributed by atoms with Gasteiger partial charge in [-0.05, 0) is 127 Å². The smallest absolute Gasteiger partial charge is 0.293 e. The first kappa shape index (κ1) is 64.8. The molecule has 6 heterocycles. The Morgan fingerprint density at radius 1 is 0.880 bits per heavy atom. The number of imide groups is 1. The summed E-state index contributed by atoms with van der Waals surface area (Å²) >= 11 is 6.27. The molecule has 4 aliphatic heterocycles. The number of anilines is 2. The standard InChI is InChI=1S/C67H73ClN10O13S/c1-67(2)22-18-48(55(38-67)46-8-10-49(68)11-9-46)41-74-26-28-75(29-27-74)50-12-14-54(60(36-50)91-51-35-47-19-23-69-63(47)71-40-51)64(81)73-92(86,87)52-13-15-57(59(37-52)78(84)85)70-39-44-20-24-76(25-21-44)62(80)43-90-34-33-89-32-31-88-30-4-6-45-5-3-7-53-56(45)42-77(66(53)83)58-16-17-61(79)72-65(58)82/h3,5,7-15,19,23,35-37,40,44,58,70H,16-18,20-22,24-34,38-39,41-43H2,1-2H3,(H,69,71)(H,73,81)(H,72,79,82). The summed E-state index contributed by atoms with van der Waals surface area (Å²) < 4.78 is 53.2. The third-order valence-electron chi connectivity index (χ3n) is 17.5. The number of amides is 5. The molecule has 3 saturated heterocycles. The molecule has 2 aromatic heterocycles. The maximum atomic E-state index is 14.2. The highest BCUT2D eigenvalue weighted by Crippen LogP contribution is 2.44. The van der Waals surface area contributed by atoms with Crippen LogP contribution >= 0.6 is 11.6 Å². The number of nitrogens with zero attached hydrogens (tertiary/aromatic N) is 6. The van der Waals surface area contributed by atoms with Gasteiger partial charge in [0.2, 0.25) is 17.7 Å². The molecule has 0 spiro atoms. The summed E-state index contributed by atoms with van der Waals surface area (Å²) in [5.41, 5.74) is 7.05. The molecule has 4 N–H and O–H groups in total. The molecule has 482 valence electrons. The summed E-state index contributed by atoms with van der Waals surface area (Å²) in [5, 5.41) is 19.3. The van der Waals surface area contributed by atoms with Crippen molar-refractivity contribution in [1.29, 1.82) is 0 Å². The van der Waals surface area contributed by atoms with E-state index in [1.807, 2.05) is 24.3 Å². The van der Waals surface area contributed by atoms with Crippen LogP contribution in [0.4, 0.5) is 17.1 Å². The SMILES string of the molecule is CC1(C)CCC(CN2CCN(c3ccc(C(=O)NS(=O)(=O)c4ccc(NCC5CCN(C(=O)COCCOCCOCC#Cc6cccc7c6CN(C6CCC(=O)NC6=O)C7=O)CC5)c([N+](=O)[O-])c4)c(Oc4cnc5[nH]ccc5c4)c3)CC2)=C(c2ccc(Cl)cc2)C1. The van der Waals surface area contributed by atoms with Crippen molar-refractivity contribution in [2.24, 2.45) is 11.3 Å². The first-order valence-corrected chi connectivity index (χ1v) is 32.8. The normalized spacial score (nSPS) is 17.9. The van der Waals surface area contributed by atoms with Gasteiger partial charge in [-0.2, -0.15) is 0 Å². The molecule has 0 bridgehead atoms. The first-order chi connectivity index (χ1) is 44.3. The van der Waals surface area contributed by atoms with Crippen molar-refractivity contribution in [2.45, 2.75) is 76.3 Å². The lowest BCUT2D eigenvalue weighted by atomic mass is 9.72. The number of aromatic nitrogens is 2. The van der Waals surface area contributed by atoms with E-state index in [1.54, 1.807) is 41.4 Å². The lowest BCUT2D eigenvalue weighted by Crippen LogP contribution is -2.52. The first-order valence-electron chi connectivity index (χ1n) is 30.9. The summed E-state index contributed by atoms with van der Waals surface area (Å²) in [5.74, 6) is 4.21. The van der Waals surface area contributed by atoms with Crippen LogP contribution < -0.4 is 25.0 Å². The highest BCUT2D eigenvalue weighted by molar-refractivity contribution is 7.90. The number of carbonyl (C=O) groups excluding carboxylic acids is 5. The third-order valence-corrected chi connectivity index (χ3v) is 19.1. The van der Waals surface area contributed by atoms with Crippen LogP contribution in [0.5, 0.6) is 11.5 Å². The van der Waals surface area contributed by atoms with Gasteiger partial charge in [-0.25, -0.2) is 18.1 Å². The number of H-pyrrole nitrogens is 1. The van der Waals surface area contributed by atoms with Gasteiger partial charge in [0.25, 0.3) is 27.5 Å². The number of aromatic amines is 1. The van der Waals surface area contributed by atoms with Crippen LogP contribution in [-0.4, -0.2) is 166 Å². The minimum atomic E-state index is -4.67. The molecule has 0 radical (unpaired) electrons. The number of hydrogen-bond acceptors (Lipinski definition) is 17. The minimum Gasteiger partial charge on any atom is -0.455 e. The molecule has 3 fully saturated rings. The van der Waals surface area contributed by atoms with Gasteiger partial charge in [-0.15, -0.1) is 0 Å². The Labute approximate surface area is 538 Å². The van der Waals surface area contributed by atoms with Crippen molar-refractivity contribution in [3.05, 3.63) is 152 Å². The van der Waals surface area contributed by atoms with E-state index in [0.717, 1.165) is 61.6 Å². The lowest BCUT2D eigenvalue weighted by molar-refractivity contribution is -0.384. The summed E-state index contributed by atoms with van der Waals surface area (Å²) in [6.45, 7) is 10.9. The van der Waals surface area contributed by atoms with E-state index in [2.05, 4.69) is 72.9 Å². The van der Waals surface area contributed by atoms with Crippen LogP contribution in [0.25, 0.3) is 16.6 Å². The third kappa shape index (κ3) is 15.8. The fraction of sp³-hybridized carbons (Fsp3) is 0.403. The van der Waals surface area contributed by atoms with Gasteiger partial charge in [0.05, 0.1) is 48.0 Å². The Bertz CT molecular complexity index is 4000. The second-order valence-electron chi connectivity index (χ2n) is 24.4. The molecule has 1 unspecified atom stereocenters. The number of ether oxygens (including phenoxy) is 4. The molecular weight excluding hydrogens is 1220 g/mol. The number of hydrogen-bond donors (Lipinski definition) is 4. The molecule has 5 aliphatic rings. The number of halogens is 1. The number of allylic oxidation sites excluding steroid dienone is 1. The second-order valence-corrected chi connectivity index (χ2v) is 26.5. The zero-order valence-corrected chi connectivity index (χ0v) is 52.9. The van der Waals surface area contributed by atoms with Gasteiger partial charge in [-0.1, -0.05) is 61.1 Å². The van der Waals surface area contributed by atoms with Crippen molar-refractivity contribution in [3.8, 4) is 23.3 Å². The number of rotatable bonds is 23. The largest absolute Gasteiger partial charge is 0.455 e. The number of nitro benzene ring substituents is 1. The van der Waals surface area contributed by atoms with Gasteiger partial charge >= 0.3 is 0 Å². The molecule has 4 aromatic carbocycles. The van der Waals surface area contributed by atoms with Crippen molar-refractivity contribution in [1.82, 2.24) is 34.7 Å². The number of piperidine rings is 2. The maximum absolute atomic E-state index is 14.2. The van der Waals surface area contributed by atoms with Crippen molar-refractivity contribution in [2.75, 3.05) is 102 Å². The predicted octanol–water partition coefficient (Wildman–Crippen LogP) is 8.33. The molecule has 5 amide bonds. The second kappa shape index (κ2) is 28.9. The summed E-state index contributed by atoms with van der Waals surface area (Å²) in [4.78, 5) is 90.9. The number of carbonyl (C=O) groups is 5. The number of piperazine rings is 1. The van der Waals surface area contributed by atoms with E-state index in [9.17, 15) is 42.5 Å². The number of nitrogens with one attached hydrogen (secondary N) is 4. The maximum Gasteiger partial charge on any atom is 0.293 e. The van der Waals surface area contributed by atoms with Crippen molar-refractivity contribution < 1.29 is 56.3 Å². The number of sulfonamides is 1. The molecule has 1 aliphatic carbocycles. The van der Waals surface area contributed by atoms with E-state index < -0.39 is 43.4 Å². The van der Waals surface area contributed by atoms with Crippen LogP contribution in [0.3, 0.4) is 0 Å². The van der Waals surface area contributed by atoms with E-state index in [1.165, 1.54) is 46.0 Å². The summed E-state index contributed by atoms with van der Waals surface area (Å²) in [6, 6.07) is 24.7. The molecule has 6 aromatic rings. The quantitative estimate of drug-likeness (QED) is 0.0154. The van der Waals surface area contributed by atoms with Gasteiger partial charge in [-0.3, -0.25) is 44.3 Å². The molecule has 23 nitrogen and oxygen atoms in total. The monoisotopic (exact) mass is 1290 g/mol. The van der Waals surface area contributed by atoms with E-state index in [4.69, 9.17) is 30.5 Å². The predicted molar refractivity (Wildman–Crippen MR) is 345 cm³/mol. The Morgan fingerprint density at radius 2 is 1.65 bits per heavy atom. The minimum absolute atomic E-state index is 0.0477. The summed E-state index contributed by atoms with van der Waals surface area (Å²) in [7, 11) is -4.67. The fourth-order valence-corrected chi connectivity index (χ4v) is 13.5. The number of fused-ring (bicyclic) bond motifs is 2. The Hall–Kier alpha value is -8.70. The van der Waals surface area contributed by atoms with Crippen molar-refractivity contribution >= 4 is 84.8 Å². The van der Waals surface area contributed by atoms with Crippen LogP contribution in [0.15, 0.2) is 114 Å². The molecular formula is C67H73ClN10O13S. The molecule has 92 heavy (non-hydrogen) atoms. The van der Waals surface area contributed by atoms with Crippen LogP contribution in [-0.2, 0) is 45.2 Å². The van der Waals surface area contributed by atoms with Gasteiger partial charge < -0.3 is 43.9 Å². The van der Waals surface area contributed by atoms with Gasteiger partial charge in [0.15, 0.2) is 0 Å². The highest BCUT2D eigenvalue weighted by atomic mass is 35.5. The van der Waals surface area contributed by atoms with E-state index >= 15 is 0 Å². The fourth-order valence-electron chi connectivity index (χ4n) is 12.4. The number of pyridine rings is 1. The molecule has 1 atom stereocenters. The van der Waals surface area contributed by atoms with Crippen LogP contribution in [0.1, 0.15) is 96.2 Å². The zero-order valence-electron chi connectivity index (χ0n) is 51.3. The zero-order chi connectivity index (χ0) is 64.5. The average molecular weight is 1290 g/mol. The van der Waals surface area contributed by atoms with Crippen molar-refractivity contribution in [3.63, 3.8) is 0 Å². The topological polar surface area (TPSA) is 277 Å². The highest BCUT2D eigenvalue weighted by Gasteiger charge is 2.40. The molecule has 25 heteroatoms. The average Bonchev–Trinajstić information content (AvgIpc) is 1.52. The Balaban J connectivity index is 0.623.